The second kappa shape index (κ2) is 7.14. The van der Waals surface area contributed by atoms with Gasteiger partial charge in [0, 0.05) is 26.2 Å². The average molecular weight is 218 g/mol. The molecule has 0 aromatic carbocycles. The lowest BCUT2D eigenvalue weighted by Gasteiger charge is -2.19. The molecule has 3 N–H and O–H groups in total. The molecule has 0 amide bonds. The second-order valence-corrected chi connectivity index (χ2v) is 4.03. The predicted octanol–water partition coefficient (Wildman–Crippen LogP) is -0.957. The van der Waals surface area contributed by atoms with Gasteiger partial charge >= 0.3 is 0 Å². The molecule has 0 saturated carbocycles. The molecule has 1 heterocycles. The maximum atomic E-state index is 9.65. The van der Waals surface area contributed by atoms with Crippen molar-refractivity contribution >= 4 is 0 Å². The molecule has 1 aliphatic rings. The topological polar surface area (TPSA) is 68.0 Å². The SMILES string of the molecule is COCCOCC(O)CN1CC[C@@H](N)C1. The minimum absolute atomic E-state index is 0.270. The van der Waals surface area contributed by atoms with Gasteiger partial charge in [0.15, 0.2) is 0 Å². The van der Waals surface area contributed by atoms with E-state index in [1.165, 1.54) is 0 Å². The summed E-state index contributed by atoms with van der Waals surface area (Å²) in [6, 6.07) is 0.270. The summed E-state index contributed by atoms with van der Waals surface area (Å²) in [5, 5.41) is 9.65. The van der Waals surface area contributed by atoms with Crippen molar-refractivity contribution in [2.45, 2.75) is 18.6 Å². The molecule has 5 nitrogen and oxygen atoms in total. The molecule has 90 valence electrons. The van der Waals surface area contributed by atoms with Crippen LogP contribution in [-0.2, 0) is 9.47 Å². The third-order valence-corrected chi connectivity index (χ3v) is 2.52. The Morgan fingerprint density at radius 2 is 2.33 bits per heavy atom. The molecular formula is C10H22N2O3. The monoisotopic (exact) mass is 218 g/mol. The fourth-order valence-corrected chi connectivity index (χ4v) is 1.74. The highest BCUT2D eigenvalue weighted by Gasteiger charge is 2.20. The molecule has 1 aliphatic heterocycles. The van der Waals surface area contributed by atoms with E-state index in [1.807, 2.05) is 0 Å². The quantitative estimate of drug-likeness (QED) is 0.539. The van der Waals surface area contributed by atoms with E-state index in [-0.39, 0.29) is 6.04 Å². The Hall–Kier alpha value is -0.200. The third-order valence-electron chi connectivity index (χ3n) is 2.52. The summed E-state index contributed by atoms with van der Waals surface area (Å²) >= 11 is 0. The molecule has 15 heavy (non-hydrogen) atoms. The first-order valence-electron chi connectivity index (χ1n) is 5.45. The Balaban J connectivity index is 2.00. The van der Waals surface area contributed by atoms with Gasteiger partial charge in [0.2, 0.25) is 0 Å². The van der Waals surface area contributed by atoms with Crippen molar-refractivity contribution in [3.8, 4) is 0 Å². The zero-order valence-corrected chi connectivity index (χ0v) is 9.39. The Morgan fingerprint density at radius 1 is 1.53 bits per heavy atom. The Kier molecular flexibility index (Phi) is 6.12. The van der Waals surface area contributed by atoms with Gasteiger partial charge in [0.05, 0.1) is 25.9 Å². The standard InChI is InChI=1S/C10H22N2O3/c1-14-4-5-15-8-10(13)7-12-3-2-9(11)6-12/h9-10,13H,2-8,11H2,1H3/t9-,10?/m1/s1. The van der Waals surface area contributed by atoms with Gasteiger partial charge in [-0.3, -0.25) is 4.90 Å². The van der Waals surface area contributed by atoms with E-state index >= 15 is 0 Å². The van der Waals surface area contributed by atoms with Crippen molar-refractivity contribution in [3.63, 3.8) is 0 Å². The lowest BCUT2D eigenvalue weighted by molar-refractivity contribution is 0.00202. The second-order valence-electron chi connectivity index (χ2n) is 4.03. The van der Waals surface area contributed by atoms with Gasteiger partial charge in [0.1, 0.15) is 0 Å². The number of hydrogen-bond acceptors (Lipinski definition) is 5. The van der Waals surface area contributed by atoms with Crippen molar-refractivity contribution in [2.24, 2.45) is 5.73 Å². The van der Waals surface area contributed by atoms with E-state index in [0.717, 1.165) is 19.5 Å². The fraction of sp³-hybridized carbons (Fsp3) is 1.00. The van der Waals surface area contributed by atoms with E-state index < -0.39 is 6.10 Å². The zero-order chi connectivity index (χ0) is 11.1. The predicted molar refractivity (Wildman–Crippen MR) is 57.7 cm³/mol. The summed E-state index contributed by atoms with van der Waals surface area (Å²) < 4.78 is 10.1. The molecule has 5 heteroatoms. The lowest BCUT2D eigenvalue weighted by atomic mass is 10.3. The number of ether oxygens (including phenoxy) is 2. The van der Waals surface area contributed by atoms with Crippen LogP contribution in [0.3, 0.4) is 0 Å². The lowest BCUT2D eigenvalue weighted by Crippen LogP contribution is -2.35. The van der Waals surface area contributed by atoms with Gasteiger partial charge in [-0.2, -0.15) is 0 Å². The molecule has 1 saturated heterocycles. The van der Waals surface area contributed by atoms with Crippen LogP contribution in [0.1, 0.15) is 6.42 Å². The summed E-state index contributed by atoms with van der Waals surface area (Å²) in [5.74, 6) is 0. The van der Waals surface area contributed by atoms with Gasteiger partial charge in [-0.15, -0.1) is 0 Å². The van der Waals surface area contributed by atoms with Crippen LogP contribution >= 0.6 is 0 Å². The first kappa shape index (κ1) is 12.9. The number of aliphatic hydroxyl groups excluding tert-OH is 1. The number of nitrogens with zero attached hydrogens (tertiary/aromatic N) is 1. The summed E-state index contributed by atoms with van der Waals surface area (Å²) in [4.78, 5) is 2.18. The van der Waals surface area contributed by atoms with Crippen LogP contribution in [0.4, 0.5) is 0 Å². The molecule has 1 fully saturated rings. The molecule has 1 unspecified atom stereocenters. The number of β-amino-alcohol motifs (C(OH)–C–C–N with tert-alkyl or cyclic N) is 1. The van der Waals surface area contributed by atoms with E-state index in [0.29, 0.717) is 26.4 Å². The van der Waals surface area contributed by atoms with E-state index in [4.69, 9.17) is 15.2 Å². The van der Waals surface area contributed by atoms with E-state index in [1.54, 1.807) is 7.11 Å². The zero-order valence-electron chi connectivity index (χ0n) is 9.39. The summed E-state index contributed by atoms with van der Waals surface area (Å²) in [7, 11) is 1.63. The Morgan fingerprint density at radius 3 is 2.93 bits per heavy atom. The van der Waals surface area contributed by atoms with Crippen LogP contribution in [-0.4, -0.2) is 68.7 Å². The summed E-state index contributed by atoms with van der Waals surface area (Å²) in [6.45, 7) is 4.00. The molecule has 0 aromatic heterocycles. The van der Waals surface area contributed by atoms with Crippen LogP contribution in [0.15, 0.2) is 0 Å². The number of likely N-dealkylation sites (tertiary alicyclic amines) is 1. The Bertz CT molecular complexity index is 169. The Labute approximate surface area is 91.1 Å². The third kappa shape index (κ3) is 5.44. The normalized spacial score (nSPS) is 24.6. The molecular weight excluding hydrogens is 196 g/mol. The van der Waals surface area contributed by atoms with Crippen LogP contribution in [0.25, 0.3) is 0 Å². The van der Waals surface area contributed by atoms with Crippen LogP contribution in [0.5, 0.6) is 0 Å². The van der Waals surface area contributed by atoms with Gasteiger partial charge in [-0.1, -0.05) is 0 Å². The molecule has 0 bridgehead atoms. The van der Waals surface area contributed by atoms with Crippen LogP contribution in [0, 0.1) is 0 Å². The maximum absolute atomic E-state index is 9.65. The van der Waals surface area contributed by atoms with Gasteiger partial charge in [-0.25, -0.2) is 0 Å². The summed E-state index contributed by atoms with van der Waals surface area (Å²) in [5.41, 5.74) is 5.77. The number of nitrogens with two attached hydrogens (primary N) is 1. The van der Waals surface area contributed by atoms with Crippen molar-refractivity contribution in [1.29, 1.82) is 0 Å². The number of hydrogen-bond donors (Lipinski definition) is 2. The van der Waals surface area contributed by atoms with E-state index in [9.17, 15) is 5.11 Å². The highest BCUT2D eigenvalue weighted by molar-refractivity contribution is 4.79. The van der Waals surface area contributed by atoms with Crippen molar-refractivity contribution < 1.29 is 14.6 Å². The maximum Gasteiger partial charge on any atom is 0.0900 e. The number of rotatable bonds is 7. The van der Waals surface area contributed by atoms with Crippen molar-refractivity contribution in [3.05, 3.63) is 0 Å². The molecule has 0 aromatic rings. The number of aliphatic hydroxyl groups is 1. The molecule has 1 rings (SSSR count). The fourth-order valence-electron chi connectivity index (χ4n) is 1.74. The minimum Gasteiger partial charge on any atom is -0.389 e. The first-order chi connectivity index (χ1) is 7.22. The molecule has 0 aliphatic carbocycles. The average Bonchev–Trinajstić information content (AvgIpc) is 2.59. The largest absolute Gasteiger partial charge is 0.389 e. The van der Waals surface area contributed by atoms with E-state index in [2.05, 4.69) is 4.90 Å². The highest BCUT2D eigenvalue weighted by atomic mass is 16.5. The van der Waals surface area contributed by atoms with Crippen molar-refractivity contribution in [1.82, 2.24) is 4.90 Å². The highest BCUT2D eigenvalue weighted by Crippen LogP contribution is 2.07. The van der Waals surface area contributed by atoms with Crippen LogP contribution in [0.2, 0.25) is 0 Å². The number of methoxy groups -OCH3 is 1. The smallest absolute Gasteiger partial charge is 0.0900 e. The molecule has 0 radical (unpaired) electrons. The van der Waals surface area contributed by atoms with Gasteiger partial charge in [0.25, 0.3) is 0 Å². The molecule has 2 atom stereocenters. The van der Waals surface area contributed by atoms with Crippen molar-refractivity contribution in [2.75, 3.05) is 46.6 Å². The van der Waals surface area contributed by atoms with Crippen LogP contribution < -0.4 is 5.73 Å². The minimum atomic E-state index is -0.424. The first-order valence-corrected chi connectivity index (χ1v) is 5.45. The summed E-state index contributed by atoms with van der Waals surface area (Å²) in [6.07, 6.45) is 0.601. The van der Waals surface area contributed by atoms with Gasteiger partial charge < -0.3 is 20.3 Å². The molecule has 0 spiro atoms. The van der Waals surface area contributed by atoms with Gasteiger partial charge in [-0.05, 0) is 13.0 Å².